The number of hydrogen-bond acceptors (Lipinski definition) is 5. The summed E-state index contributed by atoms with van der Waals surface area (Å²) in [5, 5.41) is 20.0. The largest absolute Gasteiger partial charge is 0.353 e. The Labute approximate surface area is 105 Å². The summed E-state index contributed by atoms with van der Waals surface area (Å²) in [7, 11) is 0. The molecule has 2 N–H and O–H groups in total. The molecule has 0 radical (unpaired) electrons. The van der Waals surface area contributed by atoms with Crippen molar-refractivity contribution >= 4 is 11.6 Å². The van der Waals surface area contributed by atoms with Crippen LogP contribution in [-0.4, -0.2) is 40.2 Å². The van der Waals surface area contributed by atoms with Crippen molar-refractivity contribution in [3.8, 4) is 0 Å². The molecule has 1 amide bonds. The molecule has 0 aliphatic heterocycles. The summed E-state index contributed by atoms with van der Waals surface area (Å²) in [5.74, 6) is -0.216. The third-order valence-electron chi connectivity index (χ3n) is 2.19. The molecule has 1 aromatic rings. The minimum absolute atomic E-state index is 0.0123. The fourth-order valence-corrected chi connectivity index (χ4v) is 1.33. The molecule has 8 heteroatoms. The van der Waals surface area contributed by atoms with Crippen LogP contribution >= 0.6 is 0 Å². The second kappa shape index (κ2) is 7.38. The zero-order chi connectivity index (χ0) is 13.4. The number of hydrogen-bond donors (Lipinski definition) is 2. The first kappa shape index (κ1) is 14.1. The van der Waals surface area contributed by atoms with Crippen molar-refractivity contribution in [3.63, 3.8) is 0 Å². The maximum Gasteiger partial charge on any atom is 0.307 e. The maximum absolute atomic E-state index is 11.5. The molecule has 0 saturated carbocycles. The maximum atomic E-state index is 11.5. The van der Waals surface area contributed by atoms with Crippen LogP contribution in [0.5, 0.6) is 0 Å². The molecule has 8 nitrogen and oxygen atoms in total. The summed E-state index contributed by atoms with van der Waals surface area (Å²) in [6.07, 6.45) is 3.40. The first-order chi connectivity index (χ1) is 8.63. The average Bonchev–Trinajstić information content (AvgIpc) is 2.77. The minimum atomic E-state index is -0.546. The number of carbonyl (C=O) groups excluding carboxylic acids is 1. The van der Waals surface area contributed by atoms with Crippen molar-refractivity contribution in [1.82, 2.24) is 20.4 Å². The predicted molar refractivity (Wildman–Crippen MR) is 65.1 cm³/mol. The first-order valence-corrected chi connectivity index (χ1v) is 5.77. The molecule has 100 valence electrons. The third-order valence-corrected chi connectivity index (χ3v) is 2.19. The van der Waals surface area contributed by atoms with E-state index < -0.39 is 4.92 Å². The zero-order valence-corrected chi connectivity index (χ0v) is 10.3. The molecule has 1 heterocycles. The van der Waals surface area contributed by atoms with Gasteiger partial charge in [0.05, 0.1) is 4.92 Å². The fourth-order valence-electron chi connectivity index (χ4n) is 1.33. The lowest BCUT2D eigenvalue weighted by atomic mass is 10.4. The standard InChI is InChI=1S/C10H17N5O3/c1-2-3-11-4-5-12-10(16)8-14-7-9(6-13-14)15(17)18/h6-7,11H,2-5,8H2,1H3,(H,12,16). The number of aromatic nitrogens is 2. The van der Waals surface area contributed by atoms with Crippen LogP contribution in [0.15, 0.2) is 12.4 Å². The fraction of sp³-hybridized carbons (Fsp3) is 0.600. The van der Waals surface area contributed by atoms with Crippen LogP contribution in [0.1, 0.15) is 13.3 Å². The van der Waals surface area contributed by atoms with Crippen molar-refractivity contribution in [2.45, 2.75) is 19.9 Å². The van der Waals surface area contributed by atoms with Gasteiger partial charge in [0.25, 0.3) is 0 Å². The molecule has 0 aliphatic rings. The molecular formula is C10H17N5O3. The topological polar surface area (TPSA) is 102 Å². The van der Waals surface area contributed by atoms with E-state index in [0.29, 0.717) is 13.1 Å². The van der Waals surface area contributed by atoms with Gasteiger partial charge < -0.3 is 10.6 Å². The summed E-state index contributed by atoms with van der Waals surface area (Å²) in [5.41, 5.74) is -0.118. The second-order valence-electron chi connectivity index (χ2n) is 3.75. The van der Waals surface area contributed by atoms with Gasteiger partial charge >= 0.3 is 5.69 Å². The highest BCUT2D eigenvalue weighted by atomic mass is 16.6. The van der Waals surface area contributed by atoms with Gasteiger partial charge in [0.1, 0.15) is 18.9 Å². The van der Waals surface area contributed by atoms with Gasteiger partial charge in [0, 0.05) is 13.1 Å². The van der Waals surface area contributed by atoms with Gasteiger partial charge in [-0.05, 0) is 13.0 Å². The molecule has 0 atom stereocenters. The van der Waals surface area contributed by atoms with E-state index in [1.165, 1.54) is 10.9 Å². The van der Waals surface area contributed by atoms with Crippen LogP contribution in [0.4, 0.5) is 5.69 Å². The van der Waals surface area contributed by atoms with Gasteiger partial charge in [-0.2, -0.15) is 5.10 Å². The molecule has 18 heavy (non-hydrogen) atoms. The van der Waals surface area contributed by atoms with Crippen molar-refractivity contribution in [3.05, 3.63) is 22.5 Å². The van der Waals surface area contributed by atoms with E-state index in [2.05, 4.69) is 22.7 Å². The Hall–Kier alpha value is -1.96. The van der Waals surface area contributed by atoms with Crippen molar-refractivity contribution in [2.24, 2.45) is 0 Å². The number of nitrogens with zero attached hydrogens (tertiary/aromatic N) is 3. The molecule has 0 aromatic carbocycles. The van der Waals surface area contributed by atoms with E-state index in [4.69, 9.17) is 0 Å². The molecule has 1 aromatic heterocycles. The Morgan fingerprint density at radius 3 is 2.89 bits per heavy atom. The Balaban J connectivity index is 2.24. The van der Waals surface area contributed by atoms with E-state index in [-0.39, 0.29) is 18.1 Å². The Morgan fingerprint density at radius 1 is 1.50 bits per heavy atom. The number of rotatable bonds is 8. The smallest absolute Gasteiger partial charge is 0.307 e. The summed E-state index contributed by atoms with van der Waals surface area (Å²) >= 11 is 0. The zero-order valence-electron chi connectivity index (χ0n) is 10.3. The van der Waals surface area contributed by atoms with Crippen LogP contribution in [0.25, 0.3) is 0 Å². The minimum Gasteiger partial charge on any atom is -0.353 e. The van der Waals surface area contributed by atoms with E-state index in [0.717, 1.165) is 19.2 Å². The first-order valence-electron chi connectivity index (χ1n) is 5.77. The summed E-state index contributed by atoms with van der Waals surface area (Å²) in [4.78, 5) is 21.3. The van der Waals surface area contributed by atoms with Gasteiger partial charge in [0.15, 0.2) is 0 Å². The van der Waals surface area contributed by atoms with Crippen molar-refractivity contribution in [2.75, 3.05) is 19.6 Å². The second-order valence-corrected chi connectivity index (χ2v) is 3.75. The molecule has 0 fully saturated rings. The SMILES string of the molecule is CCCNCCNC(=O)Cn1cc([N+](=O)[O-])cn1. The monoisotopic (exact) mass is 255 g/mol. The van der Waals surface area contributed by atoms with Crippen LogP contribution in [0, 0.1) is 10.1 Å². The molecule has 0 spiro atoms. The highest BCUT2D eigenvalue weighted by molar-refractivity contribution is 5.75. The number of carbonyl (C=O) groups is 1. The highest BCUT2D eigenvalue weighted by Crippen LogP contribution is 2.06. The number of amides is 1. The van der Waals surface area contributed by atoms with Crippen LogP contribution in [0.2, 0.25) is 0 Å². The van der Waals surface area contributed by atoms with Gasteiger partial charge in [-0.15, -0.1) is 0 Å². The number of nitrogens with one attached hydrogen (secondary N) is 2. The normalized spacial score (nSPS) is 10.3. The van der Waals surface area contributed by atoms with Crippen LogP contribution < -0.4 is 10.6 Å². The van der Waals surface area contributed by atoms with Gasteiger partial charge in [-0.25, -0.2) is 0 Å². The van der Waals surface area contributed by atoms with E-state index in [1.54, 1.807) is 0 Å². The number of nitro groups is 1. The molecule has 0 aliphatic carbocycles. The lowest BCUT2D eigenvalue weighted by Crippen LogP contribution is -2.34. The Morgan fingerprint density at radius 2 is 2.28 bits per heavy atom. The highest BCUT2D eigenvalue weighted by Gasteiger charge is 2.10. The molecule has 0 saturated heterocycles. The Kier molecular flexibility index (Phi) is 5.78. The quantitative estimate of drug-likeness (QED) is 0.384. The predicted octanol–water partition coefficient (Wildman–Crippen LogP) is -0.0929. The summed E-state index contributed by atoms with van der Waals surface area (Å²) < 4.78 is 1.24. The van der Waals surface area contributed by atoms with Gasteiger partial charge in [0.2, 0.25) is 5.91 Å². The van der Waals surface area contributed by atoms with Crippen LogP contribution in [-0.2, 0) is 11.3 Å². The van der Waals surface area contributed by atoms with E-state index >= 15 is 0 Å². The molecular weight excluding hydrogens is 238 g/mol. The van der Waals surface area contributed by atoms with E-state index in [9.17, 15) is 14.9 Å². The molecule has 0 unspecified atom stereocenters. The van der Waals surface area contributed by atoms with Crippen LogP contribution in [0.3, 0.4) is 0 Å². The molecule has 1 rings (SSSR count). The lowest BCUT2D eigenvalue weighted by molar-refractivity contribution is -0.385. The average molecular weight is 255 g/mol. The lowest BCUT2D eigenvalue weighted by Gasteiger charge is -2.05. The summed E-state index contributed by atoms with van der Waals surface area (Å²) in [6, 6.07) is 0. The Bertz CT molecular complexity index is 404. The summed E-state index contributed by atoms with van der Waals surface area (Å²) in [6.45, 7) is 4.21. The van der Waals surface area contributed by atoms with Gasteiger partial charge in [-0.1, -0.05) is 6.92 Å². The van der Waals surface area contributed by atoms with Gasteiger partial charge in [-0.3, -0.25) is 19.6 Å². The molecule has 0 bridgehead atoms. The van der Waals surface area contributed by atoms with E-state index in [1.807, 2.05) is 0 Å². The van der Waals surface area contributed by atoms with Crippen molar-refractivity contribution < 1.29 is 9.72 Å². The van der Waals surface area contributed by atoms with Crippen molar-refractivity contribution in [1.29, 1.82) is 0 Å². The third kappa shape index (κ3) is 4.91.